The minimum atomic E-state index is -3.37. The lowest BCUT2D eigenvalue weighted by Gasteiger charge is -2.07. The van der Waals surface area contributed by atoms with E-state index in [1.54, 1.807) is 36.4 Å². The number of aromatic nitrogens is 2. The number of nitrogens with two attached hydrogens (primary N) is 1. The lowest BCUT2D eigenvalue weighted by molar-refractivity contribution is 0.425. The van der Waals surface area contributed by atoms with E-state index >= 15 is 0 Å². The summed E-state index contributed by atoms with van der Waals surface area (Å²) in [7, 11) is -3.37. The van der Waals surface area contributed by atoms with Crippen molar-refractivity contribution in [3.05, 3.63) is 81.1 Å². The molecule has 0 radical (unpaired) electrons. The zero-order valence-electron chi connectivity index (χ0n) is 16.1. The molecular formula is C20H16BrClN4O3S2. The average molecular weight is 540 g/mol. The van der Waals surface area contributed by atoms with Crippen molar-refractivity contribution in [3.63, 3.8) is 0 Å². The van der Waals surface area contributed by atoms with Crippen molar-refractivity contribution in [1.82, 2.24) is 10.2 Å². The molecule has 0 amide bonds. The number of aliphatic hydroxyl groups excluding tert-OH is 1. The molecule has 3 N–H and O–H groups in total. The summed E-state index contributed by atoms with van der Waals surface area (Å²) in [6.07, 6.45) is 1.14. The van der Waals surface area contributed by atoms with Gasteiger partial charge in [-0.05, 0) is 40.2 Å². The topological polar surface area (TPSA) is 119 Å². The van der Waals surface area contributed by atoms with Crippen molar-refractivity contribution < 1.29 is 13.5 Å². The summed E-state index contributed by atoms with van der Waals surface area (Å²) in [5.41, 5.74) is 7.24. The zero-order valence-corrected chi connectivity index (χ0v) is 20.1. The first kappa shape index (κ1) is 23.1. The highest BCUT2D eigenvalue weighted by atomic mass is 79.9. The van der Waals surface area contributed by atoms with Gasteiger partial charge in [-0.1, -0.05) is 53.8 Å². The van der Waals surface area contributed by atoms with E-state index in [-0.39, 0.29) is 26.5 Å². The van der Waals surface area contributed by atoms with Crippen LogP contribution >= 0.6 is 38.9 Å². The highest BCUT2D eigenvalue weighted by Gasteiger charge is 2.20. The average Bonchev–Trinajstić information content (AvgIpc) is 3.21. The number of allylic oxidation sites excluding steroid dienone is 1. The summed E-state index contributed by atoms with van der Waals surface area (Å²) in [6, 6.07) is 13.4. The predicted molar refractivity (Wildman–Crippen MR) is 128 cm³/mol. The van der Waals surface area contributed by atoms with Crippen molar-refractivity contribution in [1.29, 1.82) is 0 Å². The number of nitrogens with zero attached hydrogens (tertiary/aromatic N) is 3. The quantitative estimate of drug-likeness (QED) is 0.258. The molecule has 0 aliphatic heterocycles. The number of rotatable bonds is 6. The van der Waals surface area contributed by atoms with E-state index in [1.165, 1.54) is 23.5 Å². The summed E-state index contributed by atoms with van der Waals surface area (Å²) in [6.45, 7) is 3.43. The number of hydrogen-bond donors (Lipinski definition) is 2. The fourth-order valence-corrected chi connectivity index (χ4v) is 4.72. The van der Waals surface area contributed by atoms with E-state index in [1.807, 2.05) is 0 Å². The minimum Gasteiger partial charge on any atom is -0.506 e. The van der Waals surface area contributed by atoms with Gasteiger partial charge in [0.25, 0.3) is 0 Å². The van der Waals surface area contributed by atoms with Crippen LogP contribution in [0.3, 0.4) is 0 Å². The molecule has 0 saturated carbocycles. The van der Waals surface area contributed by atoms with Crippen LogP contribution < -0.4 is 5.73 Å². The number of sulfone groups is 1. The van der Waals surface area contributed by atoms with Crippen LogP contribution in [-0.2, 0) is 9.84 Å². The van der Waals surface area contributed by atoms with Gasteiger partial charge in [-0.15, -0.1) is 10.2 Å². The summed E-state index contributed by atoms with van der Waals surface area (Å²) < 4.78 is 24.0. The number of benzene rings is 2. The van der Waals surface area contributed by atoms with E-state index in [9.17, 15) is 13.5 Å². The Morgan fingerprint density at radius 1 is 1.23 bits per heavy atom. The molecule has 3 rings (SSSR count). The van der Waals surface area contributed by atoms with Crippen molar-refractivity contribution in [2.75, 3.05) is 6.26 Å². The molecule has 31 heavy (non-hydrogen) atoms. The number of para-hydroxylation sites is 1. The number of aliphatic hydroxyl groups is 1. The van der Waals surface area contributed by atoms with E-state index in [4.69, 9.17) is 17.3 Å². The number of aliphatic imine (C=N–C) groups is 1. The van der Waals surface area contributed by atoms with Gasteiger partial charge in [0.15, 0.2) is 14.8 Å². The summed E-state index contributed by atoms with van der Waals surface area (Å²) in [5, 5.41) is 19.3. The molecule has 0 saturated heterocycles. The van der Waals surface area contributed by atoms with Gasteiger partial charge in [-0.25, -0.2) is 13.4 Å². The van der Waals surface area contributed by atoms with Crippen LogP contribution in [0.4, 0.5) is 5.69 Å². The first-order valence-corrected chi connectivity index (χ1v) is 12.5. The molecule has 3 aromatic rings. The Balaban J connectivity index is 2.15. The molecule has 0 aliphatic carbocycles. The standard InChI is InChI=1S/C20H16BrClN4O3S2/c1-11(27)17(23)16(21)18(24-15-9-4-3-8-14(15)22)20-26-25-19(30-20)12-6-5-7-13(10-12)31(2,28)29/h3-10,27H,1,23H2,2H3. The molecule has 0 spiro atoms. The second kappa shape index (κ2) is 9.31. The number of halogens is 2. The van der Waals surface area contributed by atoms with Gasteiger partial charge in [0.1, 0.15) is 16.5 Å². The molecule has 0 aliphatic rings. The number of hydrogen-bond acceptors (Lipinski definition) is 8. The summed E-state index contributed by atoms with van der Waals surface area (Å²) in [5.74, 6) is -0.343. The van der Waals surface area contributed by atoms with Crippen molar-refractivity contribution >= 4 is 60.1 Å². The molecule has 160 valence electrons. The Morgan fingerprint density at radius 2 is 1.94 bits per heavy atom. The Kier molecular flexibility index (Phi) is 6.95. The van der Waals surface area contributed by atoms with Crippen LogP contribution in [-0.4, -0.2) is 35.7 Å². The van der Waals surface area contributed by atoms with E-state index < -0.39 is 9.84 Å². The molecule has 7 nitrogen and oxygen atoms in total. The normalized spacial score (nSPS) is 13.1. The molecule has 0 atom stereocenters. The second-order valence-electron chi connectivity index (χ2n) is 6.30. The maximum absolute atomic E-state index is 11.9. The highest BCUT2D eigenvalue weighted by molar-refractivity contribution is 9.12. The molecule has 11 heteroatoms. The van der Waals surface area contributed by atoms with Gasteiger partial charge in [-0.3, -0.25) is 0 Å². The molecule has 0 fully saturated rings. The van der Waals surface area contributed by atoms with Crippen LogP contribution in [0, 0.1) is 0 Å². The lowest BCUT2D eigenvalue weighted by Crippen LogP contribution is -2.10. The van der Waals surface area contributed by atoms with Gasteiger partial charge in [-0.2, -0.15) is 0 Å². The zero-order chi connectivity index (χ0) is 22.8. The van der Waals surface area contributed by atoms with Crippen molar-refractivity contribution in [3.8, 4) is 10.6 Å². The summed E-state index contributed by atoms with van der Waals surface area (Å²) in [4.78, 5) is 4.73. The van der Waals surface area contributed by atoms with Gasteiger partial charge < -0.3 is 10.8 Å². The Hall–Kier alpha value is -2.53. The smallest absolute Gasteiger partial charge is 0.175 e. The van der Waals surface area contributed by atoms with Gasteiger partial charge in [0, 0.05) is 11.8 Å². The molecule has 2 aromatic carbocycles. The fraction of sp³-hybridized carbons (Fsp3) is 0.0500. The third kappa shape index (κ3) is 5.40. The van der Waals surface area contributed by atoms with E-state index in [0.29, 0.717) is 26.3 Å². The predicted octanol–water partition coefficient (Wildman–Crippen LogP) is 5.02. The van der Waals surface area contributed by atoms with Gasteiger partial charge in [0.2, 0.25) is 0 Å². The molecule has 0 unspecified atom stereocenters. The first-order chi connectivity index (χ1) is 14.6. The Labute approximate surface area is 196 Å². The van der Waals surface area contributed by atoms with Crippen molar-refractivity contribution in [2.24, 2.45) is 10.7 Å². The van der Waals surface area contributed by atoms with Crippen LogP contribution in [0.25, 0.3) is 10.6 Å². The Morgan fingerprint density at radius 3 is 2.58 bits per heavy atom. The molecule has 0 bridgehead atoms. The summed E-state index contributed by atoms with van der Waals surface area (Å²) >= 11 is 10.8. The van der Waals surface area contributed by atoms with Gasteiger partial charge in [0.05, 0.1) is 25.8 Å². The largest absolute Gasteiger partial charge is 0.506 e. The van der Waals surface area contributed by atoms with Gasteiger partial charge >= 0.3 is 0 Å². The molecule has 1 aromatic heterocycles. The third-order valence-electron chi connectivity index (χ3n) is 3.98. The maximum atomic E-state index is 11.9. The molecule has 1 heterocycles. The SMILES string of the molecule is C=C(O)C(N)=C(Br)C(=Nc1ccccc1Cl)c1nnc(-c2cccc(S(C)(=O)=O)c2)s1. The second-order valence-corrected chi connectivity index (χ2v) is 10.5. The minimum absolute atomic E-state index is 0.0263. The van der Waals surface area contributed by atoms with Crippen LogP contribution in [0.1, 0.15) is 5.01 Å². The van der Waals surface area contributed by atoms with Crippen LogP contribution in [0.2, 0.25) is 5.02 Å². The highest BCUT2D eigenvalue weighted by Crippen LogP contribution is 2.32. The van der Waals surface area contributed by atoms with E-state index in [2.05, 4.69) is 37.7 Å². The first-order valence-electron chi connectivity index (χ1n) is 8.59. The van der Waals surface area contributed by atoms with Crippen molar-refractivity contribution in [2.45, 2.75) is 4.90 Å². The van der Waals surface area contributed by atoms with E-state index in [0.717, 1.165) is 6.26 Å². The Bertz CT molecular complexity index is 1330. The van der Waals surface area contributed by atoms with Crippen LogP contribution in [0.5, 0.6) is 0 Å². The van der Waals surface area contributed by atoms with Crippen LogP contribution in [0.15, 0.2) is 80.9 Å². The lowest BCUT2D eigenvalue weighted by atomic mass is 10.2. The fourth-order valence-electron chi connectivity index (χ4n) is 2.40. The molecular weight excluding hydrogens is 524 g/mol. The maximum Gasteiger partial charge on any atom is 0.175 e. The monoisotopic (exact) mass is 538 g/mol. The third-order valence-corrected chi connectivity index (χ3v) is 7.19.